The maximum atomic E-state index is 14.3. The van der Waals surface area contributed by atoms with E-state index in [2.05, 4.69) is 36.1 Å². The number of anilines is 1. The Kier molecular flexibility index (Phi) is 3.99. The molecule has 2 aromatic rings. The molecule has 0 atom stereocenters. The van der Waals surface area contributed by atoms with Crippen molar-refractivity contribution in [2.24, 2.45) is 0 Å². The molecular weight excluding hydrogens is 370 g/mol. The largest absolute Gasteiger partial charge is 0.353 e. The number of hydrogen-bond donors (Lipinski definition) is 1. The predicted molar refractivity (Wildman–Crippen MR) is 82.3 cm³/mol. The van der Waals surface area contributed by atoms with Crippen molar-refractivity contribution < 1.29 is 4.39 Å². The zero-order valence-corrected chi connectivity index (χ0v) is 13.4. The van der Waals surface area contributed by atoms with Crippen LogP contribution in [0.25, 0.3) is 10.9 Å². The Morgan fingerprint density at radius 1 is 1.25 bits per heavy atom. The van der Waals surface area contributed by atoms with Crippen molar-refractivity contribution in [1.82, 2.24) is 15.3 Å². The van der Waals surface area contributed by atoms with Crippen LogP contribution in [0.2, 0.25) is 10.3 Å². The van der Waals surface area contributed by atoms with Gasteiger partial charge in [0.2, 0.25) is 5.28 Å². The second-order valence-electron chi connectivity index (χ2n) is 4.44. The molecule has 0 amide bonds. The van der Waals surface area contributed by atoms with Gasteiger partial charge in [-0.3, -0.25) is 0 Å². The molecule has 106 valence electrons. The lowest BCUT2D eigenvalue weighted by Crippen LogP contribution is -2.44. The molecule has 3 rings (SSSR count). The van der Waals surface area contributed by atoms with Crippen molar-refractivity contribution in [3.05, 3.63) is 26.7 Å². The van der Waals surface area contributed by atoms with Crippen LogP contribution in [0.1, 0.15) is 0 Å². The summed E-state index contributed by atoms with van der Waals surface area (Å²) in [4.78, 5) is 10.3. The summed E-state index contributed by atoms with van der Waals surface area (Å²) in [6.45, 7) is 3.24. The first kappa shape index (κ1) is 14.3. The number of hydrogen-bond acceptors (Lipinski definition) is 4. The third kappa shape index (κ3) is 2.45. The Hall–Kier alpha value is -0.690. The molecular formula is C12H10BrCl2FN4. The lowest BCUT2D eigenvalue weighted by Gasteiger charge is -2.29. The van der Waals surface area contributed by atoms with Crippen LogP contribution in [0, 0.1) is 5.82 Å². The molecule has 0 saturated carbocycles. The summed E-state index contributed by atoms with van der Waals surface area (Å²) >= 11 is 15.1. The van der Waals surface area contributed by atoms with E-state index >= 15 is 0 Å². The Balaban J connectivity index is 2.25. The summed E-state index contributed by atoms with van der Waals surface area (Å²) in [6, 6.07) is 1.66. The van der Waals surface area contributed by atoms with Crippen molar-refractivity contribution in [3.63, 3.8) is 0 Å². The highest BCUT2D eigenvalue weighted by Crippen LogP contribution is 2.35. The van der Waals surface area contributed by atoms with E-state index in [9.17, 15) is 4.39 Å². The molecule has 4 nitrogen and oxygen atoms in total. The standard InChI is InChI=1S/C12H10BrCl2FN4/c13-8-7(14)5-6-10(9(8)16)18-12(15)19-11(6)20-3-1-17-2-4-20/h5,17H,1-4H2. The van der Waals surface area contributed by atoms with Gasteiger partial charge in [-0.15, -0.1) is 0 Å². The number of benzene rings is 1. The van der Waals surface area contributed by atoms with Crippen molar-refractivity contribution in [1.29, 1.82) is 0 Å². The van der Waals surface area contributed by atoms with Gasteiger partial charge in [0, 0.05) is 31.6 Å². The molecule has 1 N–H and O–H groups in total. The van der Waals surface area contributed by atoms with Crippen molar-refractivity contribution in [2.45, 2.75) is 0 Å². The third-order valence-electron chi connectivity index (χ3n) is 3.20. The Morgan fingerprint density at radius 3 is 2.65 bits per heavy atom. The third-order valence-corrected chi connectivity index (χ3v) is 4.67. The highest BCUT2D eigenvalue weighted by atomic mass is 79.9. The summed E-state index contributed by atoms with van der Waals surface area (Å²) < 4.78 is 14.5. The average Bonchev–Trinajstić information content (AvgIpc) is 2.46. The van der Waals surface area contributed by atoms with Crippen LogP contribution in [-0.4, -0.2) is 36.1 Å². The summed E-state index contributed by atoms with van der Waals surface area (Å²) in [5.74, 6) is 0.1000. The maximum Gasteiger partial charge on any atom is 0.225 e. The van der Waals surface area contributed by atoms with E-state index < -0.39 is 5.82 Å². The first-order chi connectivity index (χ1) is 9.58. The first-order valence-corrected chi connectivity index (χ1v) is 7.59. The monoisotopic (exact) mass is 378 g/mol. The SMILES string of the molecule is Fc1c(Br)c(Cl)cc2c(N3CCNCC3)nc(Cl)nc12. The van der Waals surface area contributed by atoms with E-state index in [0.29, 0.717) is 11.2 Å². The van der Waals surface area contributed by atoms with Crippen molar-refractivity contribution >= 4 is 55.9 Å². The molecule has 0 radical (unpaired) electrons. The lowest BCUT2D eigenvalue weighted by molar-refractivity contribution is 0.585. The summed E-state index contributed by atoms with van der Waals surface area (Å²) in [5.41, 5.74) is 0.176. The molecule has 20 heavy (non-hydrogen) atoms. The van der Waals surface area contributed by atoms with Crippen LogP contribution in [-0.2, 0) is 0 Å². The molecule has 0 bridgehead atoms. The molecule has 0 spiro atoms. The minimum Gasteiger partial charge on any atom is -0.353 e. The predicted octanol–water partition coefficient (Wildman–Crippen LogP) is 3.25. The zero-order chi connectivity index (χ0) is 14.3. The first-order valence-electron chi connectivity index (χ1n) is 6.04. The van der Waals surface area contributed by atoms with Gasteiger partial charge in [0.1, 0.15) is 11.3 Å². The summed E-state index contributed by atoms with van der Waals surface area (Å²) in [7, 11) is 0. The molecule has 2 heterocycles. The number of rotatable bonds is 1. The Labute approximate surface area is 133 Å². The number of nitrogens with one attached hydrogen (secondary N) is 1. The van der Waals surface area contributed by atoms with E-state index in [1.165, 1.54) is 0 Å². The number of aromatic nitrogens is 2. The van der Waals surface area contributed by atoms with Gasteiger partial charge in [-0.2, -0.15) is 4.98 Å². The van der Waals surface area contributed by atoms with E-state index in [1.54, 1.807) is 6.07 Å². The molecule has 0 aliphatic carbocycles. The van der Waals surface area contributed by atoms with Gasteiger partial charge in [-0.1, -0.05) is 11.6 Å². The van der Waals surface area contributed by atoms with Crippen LogP contribution < -0.4 is 10.2 Å². The summed E-state index contributed by atoms with van der Waals surface area (Å²) in [6.07, 6.45) is 0. The molecule has 1 saturated heterocycles. The summed E-state index contributed by atoms with van der Waals surface area (Å²) in [5, 5.41) is 4.14. The van der Waals surface area contributed by atoms with Crippen LogP contribution >= 0.6 is 39.1 Å². The Morgan fingerprint density at radius 2 is 1.95 bits per heavy atom. The van der Waals surface area contributed by atoms with E-state index in [-0.39, 0.29) is 20.3 Å². The van der Waals surface area contributed by atoms with E-state index in [4.69, 9.17) is 23.2 Å². The van der Waals surface area contributed by atoms with Crippen LogP contribution in [0.5, 0.6) is 0 Å². The van der Waals surface area contributed by atoms with Crippen molar-refractivity contribution in [3.8, 4) is 0 Å². The maximum absolute atomic E-state index is 14.3. The molecule has 1 aliphatic heterocycles. The second-order valence-corrected chi connectivity index (χ2v) is 5.97. The number of fused-ring (bicyclic) bond motifs is 1. The van der Waals surface area contributed by atoms with Crippen molar-refractivity contribution in [2.75, 3.05) is 31.1 Å². The molecule has 0 unspecified atom stereocenters. The minimum absolute atomic E-state index is 0.0270. The highest BCUT2D eigenvalue weighted by molar-refractivity contribution is 9.10. The second kappa shape index (κ2) is 5.60. The molecule has 1 fully saturated rings. The van der Waals surface area contributed by atoms with Gasteiger partial charge in [-0.05, 0) is 33.6 Å². The molecule has 8 heteroatoms. The van der Waals surface area contributed by atoms with Gasteiger partial charge >= 0.3 is 0 Å². The molecule has 1 aromatic carbocycles. The average molecular weight is 380 g/mol. The van der Waals surface area contributed by atoms with E-state index in [1.807, 2.05) is 0 Å². The fraction of sp³-hybridized carbons (Fsp3) is 0.333. The fourth-order valence-electron chi connectivity index (χ4n) is 2.25. The fourth-order valence-corrected chi connectivity index (χ4v) is 2.91. The van der Waals surface area contributed by atoms with Gasteiger partial charge in [0.15, 0.2) is 5.82 Å². The topological polar surface area (TPSA) is 41.0 Å². The number of nitrogens with zero attached hydrogens (tertiary/aromatic N) is 3. The minimum atomic E-state index is -0.520. The van der Waals surface area contributed by atoms with Crippen LogP contribution in [0.15, 0.2) is 10.5 Å². The quantitative estimate of drug-likeness (QED) is 0.610. The molecule has 1 aromatic heterocycles. The van der Waals surface area contributed by atoms with Crippen LogP contribution in [0.3, 0.4) is 0 Å². The lowest BCUT2D eigenvalue weighted by atomic mass is 10.2. The smallest absolute Gasteiger partial charge is 0.225 e. The number of halogens is 4. The Bertz CT molecular complexity index is 676. The normalized spacial score (nSPS) is 15.9. The van der Waals surface area contributed by atoms with Gasteiger partial charge in [-0.25, -0.2) is 9.37 Å². The zero-order valence-electron chi connectivity index (χ0n) is 10.3. The van der Waals surface area contributed by atoms with Gasteiger partial charge in [0.05, 0.1) is 9.50 Å². The van der Waals surface area contributed by atoms with Gasteiger partial charge < -0.3 is 10.2 Å². The van der Waals surface area contributed by atoms with E-state index in [0.717, 1.165) is 26.2 Å². The highest BCUT2D eigenvalue weighted by Gasteiger charge is 2.20. The van der Waals surface area contributed by atoms with Crippen LogP contribution in [0.4, 0.5) is 10.2 Å². The van der Waals surface area contributed by atoms with Gasteiger partial charge in [0.25, 0.3) is 0 Å². The number of piperazine rings is 1. The molecule has 1 aliphatic rings.